The third kappa shape index (κ3) is 5.50. The van der Waals surface area contributed by atoms with Crippen molar-refractivity contribution in [3.8, 4) is 0 Å². The number of nitrogens with zero attached hydrogens (tertiary/aromatic N) is 1. The summed E-state index contributed by atoms with van der Waals surface area (Å²) in [5.41, 5.74) is 0.414. The molecule has 0 radical (unpaired) electrons. The fourth-order valence-corrected chi connectivity index (χ4v) is 0.943. The predicted octanol–water partition coefficient (Wildman–Crippen LogP) is 0.553. The van der Waals surface area contributed by atoms with E-state index in [4.69, 9.17) is 10.6 Å². The fraction of sp³-hybridized carbons (Fsp3) is 0.800. The van der Waals surface area contributed by atoms with Crippen molar-refractivity contribution < 1.29 is 19.2 Å². The fourth-order valence-electron chi connectivity index (χ4n) is 0.943. The van der Waals surface area contributed by atoms with E-state index in [0.29, 0.717) is 0 Å². The van der Waals surface area contributed by atoms with E-state index in [0.717, 1.165) is 5.01 Å². The number of ether oxygens (including phenoxy) is 1. The maximum Gasteiger partial charge on any atom is 0.426 e. The summed E-state index contributed by atoms with van der Waals surface area (Å²) in [6, 6.07) is 0. The van der Waals surface area contributed by atoms with Gasteiger partial charge in [-0.05, 0) is 34.6 Å². The van der Waals surface area contributed by atoms with Crippen molar-refractivity contribution in [3.05, 3.63) is 0 Å². The molecule has 2 amide bonds. The molecule has 0 aliphatic heterocycles. The quantitative estimate of drug-likeness (QED) is 0.695. The monoisotopic (exact) mass is 247 g/mol. The highest BCUT2D eigenvalue weighted by Gasteiger charge is 2.32. The Labute approximate surface area is 101 Å². The van der Waals surface area contributed by atoms with E-state index < -0.39 is 23.2 Å². The van der Waals surface area contributed by atoms with Crippen molar-refractivity contribution >= 4 is 12.0 Å². The van der Waals surface area contributed by atoms with Crippen LogP contribution in [0.4, 0.5) is 4.79 Å². The molecule has 0 fully saturated rings. The van der Waals surface area contributed by atoms with Crippen molar-refractivity contribution in [1.82, 2.24) is 10.4 Å². The number of nitrogens with two attached hydrogens (primary N) is 1. The van der Waals surface area contributed by atoms with Gasteiger partial charge in [-0.2, -0.15) is 0 Å². The Bertz CT molecular complexity index is 296. The van der Waals surface area contributed by atoms with Crippen LogP contribution in [-0.2, 0) is 14.4 Å². The standard InChI is InChI=1S/C10H21N3O4/c1-9(2,3)16-8(15)12-13(6)7(14)10(4,5)17-11/h11H2,1-6H3,(H,12,15). The van der Waals surface area contributed by atoms with Crippen molar-refractivity contribution in [1.29, 1.82) is 0 Å². The first kappa shape index (κ1) is 15.7. The molecule has 0 aliphatic rings. The Balaban J connectivity index is 4.41. The largest absolute Gasteiger partial charge is 0.443 e. The van der Waals surface area contributed by atoms with Gasteiger partial charge in [-0.1, -0.05) is 0 Å². The van der Waals surface area contributed by atoms with Crippen LogP contribution in [-0.4, -0.2) is 35.3 Å². The maximum absolute atomic E-state index is 11.7. The third-order valence-corrected chi connectivity index (χ3v) is 1.77. The highest BCUT2D eigenvalue weighted by molar-refractivity contribution is 5.85. The molecule has 0 aliphatic carbocycles. The van der Waals surface area contributed by atoms with Crippen LogP contribution in [0.1, 0.15) is 34.6 Å². The molecule has 0 aromatic rings. The molecule has 0 aromatic heterocycles. The molecule has 0 saturated carbocycles. The lowest BCUT2D eigenvalue weighted by molar-refractivity contribution is -0.156. The van der Waals surface area contributed by atoms with Gasteiger partial charge in [-0.3, -0.25) is 14.6 Å². The average molecular weight is 247 g/mol. The second kappa shape index (κ2) is 5.33. The Morgan fingerprint density at radius 1 is 1.18 bits per heavy atom. The average Bonchev–Trinajstić information content (AvgIpc) is 2.13. The lowest BCUT2D eigenvalue weighted by Crippen LogP contribution is -2.54. The summed E-state index contributed by atoms with van der Waals surface area (Å²) >= 11 is 0. The molecule has 100 valence electrons. The molecule has 0 unspecified atom stereocenters. The first-order valence-corrected chi connectivity index (χ1v) is 5.15. The van der Waals surface area contributed by atoms with Crippen LogP contribution < -0.4 is 11.3 Å². The van der Waals surface area contributed by atoms with Crippen LogP contribution in [0.5, 0.6) is 0 Å². The Morgan fingerprint density at radius 3 is 2.00 bits per heavy atom. The first-order valence-electron chi connectivity index (χ1n) is 5.15. The minimum absolute atomic E-state index is 0.495. The first-order chi connectivity index (χ1) is 7.49. The smallest absolute Gasteiger partial charge is 0.426 e. The van der Waals surface area contributed by atoms with Gasteiger partial charge >= 0.3 is 6.09 Å². The summed E-state index contributed by atoms with van der Waals surface area (Å²) in [7, 11) is 1.38. The van der Waals surface area contributed by atoms with E-state index in [2.05, 4.69) is 10.3 Å². The molecular formula is C10H21N3O4. The molecule has 17 heavy (non-hydrogen) atoms. The van der Waals surface area contributed by atoms with E-state index in [9.17, 15) is 9.59 Å². The molecule has 3 N–H and O–H groups in total. The topological polar surface area (TPSA) is 93.9 Å². The van der Waals surface area contributed by atoms with Gasteiger partial charge in [0.05, 0.1) is 0 Å². The van der Waals surface area contributed by atoms with Crippen LogP contribution in [0.3, 0.4) is 0 Å². The summed E-state index contributed by atoms with van der Waals surface area (Å²) < 4.78 is 4.99. The number of carbonyl (C=O) groups is 2. The SMILES string of the molecule is CN(NC(=O)OC(C)(C)C)C(=O)C(C)(C)ON. The van der Waals surface area contributed by atoms with Gasteiger partial charge in [-0.15, -0.1) is 0 Å². The predicted molar refractivity (Wildman–Crippen MR) is 61.5 cm³/mol. The lowest BCUT2D eigenvalue weighted by Gasteiger charge is -2.28. The number of hydrogen-bond donors (Lipinski definition) is 2. The zero-order chi connectivity index (χ0) is 13.9. The van der Waals surface area contributed by atoms with Crippen molar-refractivity contribution in [2.75, 3.05) is 7.05 Å². The zero-order valence-corrected chi connectivity index (χ0v) is 11.2. The minimum Gasteiger partial charge on any atom is -0.443 e. The molecule has 7 nitrogen and oxygen atoms in total. The number of hydrazine groups is 1. The van der Waals surface area contributed by atoms with Crippen molar-refractivity contribution in [2.24, 2.45) is 5.90 Å². The van der Waals surface area contributed by atoms with E-state index in [-0.39, 0.29) is 0 Å². The Kier molecular flexibility index (Phi) is 4.91. The zero-order valence-electron chi connectivity index (χ0n) is 11.2. The van der Waals surface area contributed by atoms with Gasteiger partial charge in [-0.25, -0.2) is 16.1 Å². The number of hydrogen-bond acceptors (Lipinski definition) is 5. The Morgan fingerprint density at radius 2 is 1.65 bits per heavy atom. The number of rotatable bonds is 2. The minimum atomic E-state index is -1.22. The molecule has 0 spiro atoms. The molecule has 0 rings (SSSR count). The van der Waals surface area contributed by atoms with Crippen LogP contribution >= 0.6 is 0 Å². The van der Waals surface area contributed by atoms with Gasteiger partial charge in [0.25, 0.3) is 5.91 Å². The molecule has 7 heteroatoms. The summed E-state index contributed by atoms with van der Waals surface area (Å²) in [6.45, 7) is 8.15. The van der Waals surface area contributed by atoms with Crippen LogP contribution in [0.2, 0.25) is 0 Å². The van der Waals surface area contributed by atoms with Crippen LogP contribution in [0.25, 0.3) is 0 Å². The molecule has 0 heterocycles. The summed E-state index contributed by atoms with van der Waals surface area (Å²) in [6.07, 6.45) is -0.721. The van der Waals surface area contributed by atoms with Gasteiger partial charge in [0, 0.05) is 7.05 Å². The van der Waals surface area contributed by atoms with Gasteiger partial charge in [0.15, 0.2) is 5.60 Å². The van der Waals surface area contributed by atoms with Crippen molar-refractivity contribution in [3.63, 3.8) is 0 Å². The second-order valence-electron chi connectivity index (χ2n) is 5.11. The molecule has 0 bridgehead atoms. The van der Waals surface area contributed by atoms with E-state index in [1.807, 2.05) is 0 Å². The molecule has 0 saturated heterocycles. The second-order valence-corrected chi connectivity index (χ2v) is 5.11. The van der Waals surface area contributed by atoms with E-state index >= 15 is 0 Å². The summed E-state index contributed by atoms with van der Waals surface area (Å²) in [5.74, 6) is 4.49. The molecular weight excluding hydrogens is 226 g/mol. The number of amides is 2. The lowest BCUT2D eigenvalue weighted by atomic mass is 10.1. The highest BCUT2D eigenvalue weighted by atomic mass is 16.6. The molecule has 0 atom stereocenters. The summed E-state index contributed by atoms with van der Waals surface area (Å²) in [4.78, 5) is 27.7. The normalized spacial score (nSPS) is 11.9. The van der Waals surface area contributed by atoms with Gasteiger partial charge in [0.1, 0.15) is 5.60 Å². The summed E-state index contributed by atoms with van der Waals surface area (Å²) in [5, 5.41) is 0.973. The third-order valence-electron chi connectivity index (χ3n) is 1.77. The van der Waals surface area contributed by atoms with E-state index in [1.165, 1.54) is 20.9 Å². The Hall–Kier alpha value is -1.34. The maximum atomic E-state index is 11.7. The molecule has 0 aromatic carbocycles. The van der Waals surface area contributed by atoms with Crippen LogP contribution in [0, 0.1) is 0 Å². The number of likely N-dealkylation sites (N-methyl/N-ethyl adjacent to an activating group) is 1. The van der Waals surface area contributed by atoms with Gasteiger partial charge in [0.2, 0.25) is 0 Å². The van der Waals surface area contributed by atoms with Gasteiger partial charge < -0.3 is 4.74 Å². The number of nitrogens with one attached hydrogen (secondary N) is 1. The van der Waals surface area contributed by atoms with E-state index in [1.54, 1.807) is 20.8 Å². The number of carbonyl (C=O) groups excluding carboxylic acids is 2. The highest BCUT2D eigenvalue weighted by Crippen LogP contribution is 2.10. The van der Waals surface area contributed by atoms with Crippen molar-refractivity contribution in [2.45, 2.75) is 45.8 Å². The van der Waals surface area contributed by atoms with Crippen LogP contribution in [0.15, 0.2) is 0 Å².